The lowest BCUT2D eigenvalue weighted by Gasteiger charge is -2.33. The van der Waals surface area contributed by atoms with Gasteiger partial charge in [0.05, 0.1) is 17.1 Å². The first-order valence-electron chi connectivity index (χ1n) is 10.4. The molecular formula is C22H24FNO6S. The maximum atomic E-state index is 13.9. The largest absolute Gasteiger partial charge is 0.450 e. The molecule has 1 aliphatic carbocycles. The van der Waals surface area contributed by atoms with E-state index in [0.29, 0.717) is 6.42 Å². The molecule has 0 radical (unpaired) electrons. The molecule has 2 aliphatic rings. The number of halogens is 1. The van der Waals surface area contributed by atoms with Gasteiger partial charge in [0, 0.05) is 12.1 Å². The van der Waals surface area contributed by atoms with Crippen LogP contribution in [-0.2, 0) is 19.4 Å². The molecule has 2 fully saturated rings. The highest BCUT2D eigenvalue weighted by Crippen LogP contribution is 2.29. The molecule has 9 heteroatoms. The molecule has 7 nitrogen and oxygen atoms in total. The number of nitrogens with zero attached hydrogens (tertiary/aromatic N) is 1. The van der Waals surface area contributed by atoms with Crippen LogP contribution in [0.3, 0.4) is 0 Å². The van der Waals surface area contributed by atoms with Gasteiger partial charge in [-0.3, -0.25) is 4.79 Å². The van der Waals surface area contributed by atoms with Crippen LogP contribution in [0.5, 0.6) is 0 Å². The van der Waals surface area contributed by atoms with Crippen LogP contribution in [-0.4, -0.2) is 55.4 Å². The average molecular weight is 450 g/mol. The number of carbonyl (C=O) groups excluding carboxylic acids is 2. The fourth-order valence-electron chi connectivity index (χ4n) is 4.41. The Morgan fingerprint density at radius 2 is 1.81 bits per heavy atom. The summed E-state index contributed by atoms with van der Waals surface area (Å²) < 4.78 is 48.3. The Labute approximate surface area is 180 Å². The third-order valence-electron chi connectivity index (χ3n) is 5.88. The lowest BCUT2D eigenvalue weighted by molar-refractivity contribution is -0.139. The lowest BCUT2D eigenvalue weighted by atomic mass is 10.1. The van der Waals surface area contributed by atoms with Gasteiger partial charge in [0.25, 0.3) is 5.91 Å². The summed E-state index contributed by atoms with van der Waals surface area (Å²) in [6.45, 7) is -0.498. The van der Waals surface area contributed by atoms with Gasteiger partial charge in [-0.2, -0.15) is 0 Å². The first-order chi connectivity index (χ1) is 14.8. The monoisotopic (exact) mass is 449 g/mol. The van der Waals surface area contributed by atoms with Gasteiger partial charge < -0.3 is 14.1 Å². The molecule has 0 spiro atoms. The Hall–Kier alpha value is -2.68. The van der Waals surface area contributed by atoms with Crippen molar-refractivity contribution in [1.82, 2.24) is 4.90 Å². The van der Waals surface area contributed by atoms with Crippen LogP contribution < -0.4 is 0 Å². The van der Waals surface area contributed by atoms with Crippen LogP contribution in [0.1, 0.15) is 42.7 Å². The maximum Gasteiger partial charge on any atom is 0.374 e. The molecule has 4 rings (SSSR count). The maximum absolute atomic E-state index is 13.9. The average Bonchev–Trinajstić information content (AvgIpc) is 3.48. The van der Waals surface area contributed by atoms with E-state index in [1.807, 2.05) is 0 Å². The van der Waals surface area contributed by atoms with E-state index in [-0.39, 0.29) is 40.7 Å². The standard InChI is InChI=1S/C22H24FNO6S/c23-18-8-4-3-7-17(18)19-9-10-20(30-19)22(26)29-13-21(25)24(15-5-1-2-6-15)16-11-12-31(27,28)14-16/h3-4,7-10,15-16H,1-2,5-6,11-14H2. The van der Waals surface area contributed by atoms with Crippen LogP contribution in [0.4, 0.5) is 4.39 Å². The van der Waals surface area contributed by atoms with Crippen molar-refractivity contribution in [3.8, 4) is 11.3 Å². The Morgan fingerprint density at radius 1 is 1.06 bits per heavy atom. The van der Waals surface area contributed by atoms with Crippen molar-refractivity contribution in [3.05, 3.63) is 48.0 Å². The van der Waals surface area contributed by atoms with E-state index < -0.39 is 34.1 Å². The fourth-order valence-corrected chi connectivity index (χ4v) is 6.12. The second-order valence-corrected chi connectivity index (χ2v) is 10.2. The van der Waals surface area contributed by atoms with Gasteiger partial charge in [0.1, 0.15) is 11.6 Å². The predicted octanol–water partition coefficient (Wildman–Crippen LogP) is 3.20. The van der Waals surface area contributed by atoms with E-state index in [1.54, 1.807) is 17.0 Å². The van der Waals surface area contributed by atoms with Crippen molar-refractivity contribution >= 4 is 21.7 Å². The molecular weight excluding hydrogens is 425 g/mol. The number of carbonyl (C=O) groups is 2. The number of amides is 1. The summed E-state index contributed by atoms with van der Waals surface area (Å²) in [5, 5.41) is 0. The normalized spacial score (nSPS) is 20.6. The summed E-state index contributed by atoms with van der Waals surface area (Å²) in [5.41, 5.74) is 0.215. The molecule has 1 saturated carbocycles. The van der Waals surface area contributed by atoms with Crippen molar-refractivity contribution in [1.29, 1.82) is 0 Å². The minimum atomic E-state index is -3.15. The van der Waals surface area contributed by atoms with Crippen LogP contribution in [0, 0.1) is 5.82 Å². The molecule has 1 aromatic carbocycles. The van der Waals surface area contributed by atoms with Crippen LogP contribution >= 0.6 is 0 Å². The molecule has 2 aromatic rings. The van der Waals surface area contributed by atoms with Gasteiger partial charge in [-0.1, -0.05) is 25.0 Å². The Kier molecular flexibility index (Phi) is 6.13. The van der Waals surface area contributed by atoms with Crippen molar-refractivity contribution in [3.63, 3.8) is 0 Å². The predicted molar refractivity (Wildman–Crippen MR) is 111 cm³/mol. The zero-order chi connectivity index (χ0) is 22.0. The first kappa shape index (κ1) is 21.5. The number of hydrogen-bond donors (Lipinski definition) is 0. The fraction of sp³-hybridized carbons (Fsp3) is 0.455. The molecule has 1 atom stereocenters. The molecule has 0 N–H and O–H groups in total. The summed E-state index contributed by atoms with van der Waals surface area (Å²) in [5.74, 6) is -1.65. The summed E-state index contributed by atoms with van der Waals surface area (Å²) in [6.07, 6.45) is 4.02. The number of furan rings is 1. The Morgan fingerprint density at radius 3 is 2.48 bits per heavy atom. The number of esters is 1. The molecule has 1 aliphatic heterocycles. The van der Waals surface area contributed by atoms with Gasteiger partial charge in [-0.05, 0) is 43.5 Å². The highest BCUT2D eigenvalue weighted by Gasteiger charge is 2.39. The Balaban J connectivity index is 1.42. The van der Waals surface area contributed by atoms with E-state index in [1.165, 1.54) is 24.3 Å². The number of benzene rings is 1. The van der Waals surface area contributed by atoms with Crippen molar-refractivity contribution in [2.24, 2.45) is 0 Å². The Bertz CT molecular complexity index is 1070. The first-order valence-corrected chi connectivity index (χ1v) is 12.2. The van der Waals surface area contributed by atoms with Crippen molar-refractivity contribution in [2.75, 3.05) is 18.1 Å². The van der Waals surface area contributed by atoms with Crippen LogP contribution in [0.25, 0.3) is 11.3 Å². The molecule has 1 saturated heterocycles. The quantitative estimate of drug-likeness (QED) is 0.629. The summed E-state index contributed by atoms with van der Waals surface area (Å²) in [6, 6.07) is 8.44. The molecule has 0 bridgehead atoms. The minimum absolute atomic E-state index is 0.0271. The zero-order valence-electron chi connectivity index (χ0n) is 17.0. The van der Waals surface area contributed by atoms with Gasteiger partial charge in [0.2, 0.25) is 5.76 Å². The SMILES string of the molecule is O=C(OCC(=O)N(C1CCCC1)C1CCS(=O)(=O)C1)c1ccc(-c2ccccc2F)o1. The third-order valence-corrected chi connectivity index (χ3v) is 7.63. The van der Waals surface area contributed by atoms with Gasteiger partial charge >= 0.3 is 5.97 Å². The van der Waals surface area contributed by atoms with Gasteiger partial charge in [-0.25, -0.2) is 17.6 Å². The number of rotatable bonds is 6. The molecule has 1 unspecified atom stereocenters. The second-order valence-electron chi connectivity index (χ2n) is 8.02. The lowest BCUT2D eigenvalue weighted by Crippen LogP contribution is -2.48. The molecule has 1 aromatic heterocycles. The zero-order valence-corrected chi connectivity index (χ0v) is 17.8. The van der Waals surface area contributed by atoms with Gasteiger partial charge in [0.15, 0.2) is 16.4 Å². The van der Waals surface area contributed by atoms with E-state index >= 15 is 0 Å². The molecule has 166 valence electrons. The minimum Gasteiger partial charge on any atom is -0.450 e. The topological polar surface area (TPSA) is 93.9 Å². The van der Waals surface area contributed by atoms with Crippen LogP contribution in [0.2, 0.25) is 0 Å². The molecule has 1 amide bonds. The second kappa shape index (κ2) is 8.82. The summed E-state index contributed by atoms with van der Waals surface area (Å²) in [7, 11) is -3.15. The van der Waals surface area contributed by atoms with Crippen LogP contribution in [0.15, 0.2) is 40.8 Å². The third kappa shape index (κ3) is 4.81. The highest BCUT2D eigenvalue weighted by atomic mass is 32.2. The van der Waals surface area contributed by atoms with Crippen molar-refractivity contribution < 1.29 is 31.6 Å². The van der Waals surface area contributed by atoms with Gasteiger partial charge in [-0.15, -0.1) is 0 Å². The van der Waals surface area contributed by atoms with Crippen molar-refractivity contribution in [2.45, 2.75) is 44.2 Å². The molecule has 31 heavy (non-hydrogen) atoms. The number of ether oxygens (including phenoxy) is 1. The summed E-state index contributed by atoms with van der Waals surface area (Å²) in [4.78, 5) is 26.9. The van der Waals surface area contributed by atoms with E-state index in [9.17, 15) is 22.4 Å². The molecule has 2 heterocycles. The van der Waals surface area contributed by atoms with E-state index in [4.69, 9.17) is 9.15 Å². The van der Waals surface area contributed by atoms with E-state index in [0.717, 1.165) is 25.7 Å². The smallest absolute Gasteiger partial charge is 0.374 e. The van der Waals surface area contributed by atoms with E-state index in [2.05, 4.69) is 0 Å². The number of sulfone groups is 1. The summed E-state index contributed by atoms with van der Waals surface area (Å²) >= 11 is 0. The highest BCUT2D eigenvalue weighted by molar-refractivity contribution is 7.91. The number of hydrogen-bond acceptors (Lipinski definition) is 6.